The number of pyridine rings is 1. The zero-order valence-electron chi connectivity index (χ0n) is 18.6. The Bertz CT molecular complexity index is 1460. The summed E-state index contributed by atoms with van der Waals surface area (Å²) in [5.41, 5.74) is 1.93. The normalized spacial score (nSPS) is 11.8. The Morgan fingerprint density at radius 3 is 2.48 bits per heavy atom. The molecule has 0 N–H and O–H groups in total. The van der Waals surface area contributed by atoms with E-state index in [9.17, 15) is 13.2 Å². The van der Waals surface area contributed by atoms with Crippen molar-refractivity contribution in [2.75, 3.05) is 20.7 Å². The lowest BCUT2D eigenvalue weighted by Crippen LogP contribution is -2.34. The van der Waals surface area contributed by atoms with Gasteiger partial charge in [0.2, 0.25) is 10.0 Å². The number of ether oxygens (including phenoxy) is 1. The molecule has 9 heteroatoms. The van der Waals surface area contributed by atoms with Gasteiger partial charge in [0.05, 0.1) is 23.9 Å². The lowest BCUT2D eigenvalue weighted by atomic mass is 10.1. The van der Waals surface area contributed by atoms with Crippen LogP contribution in [0.15, 0.2) is 76.7 Å². The number of methoxy groups -OCH3 is 1. The Morgan fingerprint density at radius 2 is 1.76 bits per heavy atom. The molecule has 0 saturated heterocycles. The van der Waals surface area contributed by atoms with Gasteiger partial charge in [-0.15, -0.1) is 0 Å². The van der Waals surface area contributed by atoms with Gasteiger partial charge in [0.1, 0.15) is 11.4 Å². The van der Waals surface area contributed by atoms with Crippen molar-refractivity contribution in [2.24, 2.45) is 0 Å². The molecular weight excluding hydrogens is 440 g/mol. The molecule has 2 heterocycles. The van der Waals surface area contributed by atoms with Gasteiger partial charge in [0.25, 0.3) is 5.56 Å². The summed E-state index contributed by atoms with van der Waals surface area (Å²) in [6, 6.07) is 15.8. The van der Waals surface area contributed by atoms with Crippen molar-refractivity contribution in [3.05, 3.63) is 82.9 Å². The fourth-order valence-electron chi connectivity index (χ4n) is 3.57. The number of benzene rings is 2. The van der Waals surface area contributed by atoms with E-state index in [1.54, 1.807) is 43.6 Å². The first-order chi connectivity index (χ1) is 15.8. The number of hydrogen-bond donors (Lipinski definition) is 0. The molecule has 0 atom stereocenters. The van der Waals surface area contributed by atoms with E-state index < -0.39 is 10.0 Å². The van der Waals surface area contributed by atoms with Crippen molar-refractivity contribution in [3.8, 4) is 17.0 Å². The number of sulfonamides is 1. The molecule has 4 rings (SSSR count). The molecule has 0 spiro atoms. The SMILES string of the molecule is COc1ccccc1-c1nn(CCN(C)S(=O)(=O)c2ccc(C)cc2)c(=O)c2cnccc12. The Kier molecular flexibility index (Phi) is 6.26. The molecular formula is C24H24N4O4S. The second-order valence-electron chi connectivity index (χ2n) is 7.64. The second-order valence-corrected chi connectivity index (χ2v) is 9.68. The molecule has 0 saturated carbocycles. The van der Waals surface area contributed by atoms with E-state index in [4.69, 9.17) is 4.74 Å². The lowest BCUT2D eigenvalue weighted by Gasteiger charge is -2.18. The van der Waals surface area contributed by atoms with E-state index in [0.29, 0.717) is 22.2 Å². The molecule has 0 radical (unpaired) electrons. The van der Waals surface area contributed by atoms with Gasteiger partial charge in [-0.2, -0.15) is 9.40 Å². The predicted octanol–water partition coefficient (Wildman–Crippen LogP) is 3.10. The van der Waals surface area contributed by atoms with Crippen LogP contribution in [0.25, 0.3) is 22.0 Å². The molecule has 0 amide bonds. The van der Waals surface area contributed by atoms with Crippen LogP contribution >= 0.6 is 0 Å². The van der Waals surface area contributed by atoms with Crippen LogP contribution < -0.4 is 10.3 Å². The average molecular weight is 465 g/mol. The Hall–Kier alpha value is -3.56. The summed E-state index contributed by atoms with van der Waals surface area (Å²) < 4.78 is 33.8. The van der Waals surface area contributed by atoms with Crippen LogP contribution in [0.1, 0.15) is 5.56 Å². The summed E-state index contributed by atoms with van der Waals surface area (Å²) in [5, 5.41) is 5.64. The molecule has 0 fully saturated rings. The topological polar surface area (TPSA) is 94.4 Å². The summed E-state index contributed by atoms with van der Waals surface area (Å²) in [6.07, 6.45) is 3.11. The van der Waals surface area contributed by atoms with Crippen LogP contribution in [-0.4, -0.2) is 48.2 Å². The summed E-state index contributed by atoms with van der Waals surface area (Å²) in [7, 11) is -0.633. The molecule has 0 bridgehead atoms. The summed E-state index contributed by atoms with van der Waals surface area (Å²) >= 11 is 0. The molecule has 0 aliphatic carbocycles. The van der Waals surface area contributed by atoms with Crippen molar-refractivity contribution in [1.82, 2.24) is 19.1 Å². The smallest absolute Gasteiger partial charge is 0.276 e. The fourth-order valence-corrected chi connectivity index (χ4v) is 4.73. The minimum absolute atomic E-state index is 0.0697. The lowest BCUT2D eigenvalue weighted by molar-refractivity contribution is 0.415. The summed E-state index contributed by atoms with van der Waals surface area (Å²) in [4.78, 5) is 17.4. The monoisotopic (exact) mass is 464 g/mol. The highest BCUT2D eigenvalue weighted by molar-refractivity contribution is 7.89. The van der Waals surface area contributed by atoms with Crippen molar-refractivity contribution in [1.29, 1.82) is 0 Å². The number of likely N-dealkylation sites (N-methyl/N-ethyl adjacent to an activating group) is 1. The first-order valence-corrected chi connectivity index (χ1v) is 11.8. The van der Waals surface area contributed by atoms with Crippen molar-refractivity contribution in [3.63, 3.8) is 0 Å². The van der Waals surface area contributed by atoms with Gasteiger partial charge < -0.3 is 4.74 Å². The number of rotatable bonds is 7. The van der Waals surface area contributed by atoms with E-state index in [1.807, 2.05) is 31.2 Å². The molecule has 4 aromatic rings. The molecule has 33 heavy (non-hydrogen) atoms. The number of aromatic nitrogens is 3. The Morgan fingerprint density at radius 1 is 1.03 bits per heavy atom. The quantitative estimate of drug-likeness (QED) is 0.417. The highest BCUT2D eigenvalue weighted by Gasteiger charge is 2.21. The third-order valence-corrected chi connectivity index (χ3v) is 7.35. The predicted molar refractivity (Wildman–Crippen MR) is 127 cm³/mol. The van der Waals surface area contributed by atoms with E-state index in [-0.39, 0.29) is 23.5 Å². The molecule has 0 aliphatic rings. The van der Waals surface area contributed by atoms with Gasteiger partial charge in [0, 0.05) is 36.9 Å². The maximum Gasteiger partial charge on any atom is 0.276 e. The number of aryl methyl sites for hydroxylation is 1. The van der Waals surface area contributed by atoms with E-state index >= 15 is 0 Å². The average Bonchev–Trinajstić information content (AvgIpc) is 2.84. The molecule has 0 unspecified atom stereocenters. The number of nitrogens with zero attached hydrogens (tertiary/aromatic N) is 4. The first-order valence-electron chi connectivity index (χ1n) is 10.3. The van der Waals surface area contributed by atoms with Crippen LogP contribution in [0.3, 0.4) is 0 Å². The maximum atomic E-state index is 13.1. The van der Waals surface area contributed by atoms with Crippen LogP contribution in [0.4, 0.5) is 0 Å². The van der Waals surface area contributed by atoms with E-state index in [1.165, 1.54) is 22.2 Å². The molecule has 8 nitrogen and oxygen atoms in total. The van der Waals surface area contributed by atoms with Gasteiger partial charge >= 0.3 is 0 Å². The largest absolute Gasteiger partial charge is 0.496 e. The van der Waals surface area contributed by atoms with Crippen LogP contribution in [0.2, 0.25) is 0 Å². The van der Waals surface area contributed by atoms with Gasteiger partial charge in [-0.05, 0) is 37.3 Å². The van der Waals surface area contributed by atoms with Gasteiger partial charge in [-0.1, -0.05) is 29.8 Å². The highest BCUT2D eigenvalue weighted by atomic mass is 32.2. The van der Waals surface area contributed by atoms with Gasteiger partial charge in [-0.25, -0.2) is 13.1 Å². The molecule has 170 valence electrons. The maximum absolute atomic E-state index is 13.1. The highest BCUT2D eigenvalue weighted by Crippen LogP contribution is 2.31. The van der Waals surface area contributed by atoms with Crippen molar-refractivity contribution >= 4 is 20.8 Å². The third kappa shape index (κ3) is 4.37. The van der Waals surface area contributed by atoms with Gasteiger partial charge in [0.15, 0.2) is 0 Å². The molecule has 0 aliphatic heterocycles. The summed E-state index contributed by atoms with van der Waals surface area (Å²) in [5.74, 6) is 0.618. The first kappa shape index (κ1) is 22.6. The van der Waals surface area contributed by atoms with E-state index in [2.05, 4.69) is 10.1 Å². The Balaban J connectivity index is 1.72. The van der Waals surface area contributed by atoms with Crippen molar-refractivity contribution in [2.45, 2.75) is 18.4 Å². The van der Waals surface area contributed by atoms with E-state index in [0.717, 1.165) is 11.1 Å². The van der Waals surface area contributed by atoms with Gasteiger partial charge in [-0.3, -0.25) is 9.78 Å². The standard InChI is InChI=1S/C24H24N4O4S/c1-17-8-10-18(11-9-17)33(30,31)27(2)14-15-28-24(29)21-16-25-13-12-19(21)23(26-28)20-6-4-5-7-22(20)32-3/h4-13,16H,14-15H2,1-3H3. The van der Waals surface area contributed by atoms with Crippen molar-refractivity contribution < 1.29 is 13.2 Å². The molecule has 2 aromatic heterocycles. The summed E-state index contributed by atoms with van der Waals surface area (Å²) in [6.45, 7) is 2.04. The minimum atomic E-state index is -3.70. The third-order valence-electron chi connectivity index (χ3n) is 5.48. The Labute approximate surface area is 192 Å². The number of fused-ring (bicyclic) bond motifs is 1. The van der Waals surface area contributed by atoms with Crippen LogP contribution in [0, 0.1) is 6.92 Å². The minimum Gasteiger partial charge on any atom is -0.496 e. The number of para-hydroxylation sites is 1. The van der Waals surface area contributed by atoms with Crippen LogP contribution in [0.5, 0.6) is 5.75 Å². The van der Waals surface area contributed by atoms with Crippen LogP contribution in [-0.2, 0) is 16.6 Å². The zero-order chi connectivity index (χ0) is 23.6. The fraction of sp³-hybridized carbons (Fsp3) is 0.208. The zero-order valence-corrected chi connectivity index (χ0v) is 19.4. The molecule has 2 aromatic carbocycles. The second kappa shape index (κ2) is 9.13. The number of hydrogen-bond acceptors (Lipinski definition) is 6.